The topological polar surface area (TPSA) is 82.8 Å². The Hall–Kier alpha value is -2.89. The van der Waals surface area contributed by atoms with Gasteiger partial charge in [0.05, 0.1) is 25.1 Å². The maximum Gasteiger partial charge on any atom is 0.411 e. The third-order valence-corrected chi connectivity index (χ3v) is 3.07. The molecule has 0 radical (unpaired) electrons. The van der Waals surface area contributed by atoms with Gasteiger partial charge in [0.15, 0.2) is 0 Å². The van der Waals surface area contributed by atoms with Crippen LogP contribution in [0.2, 0.25) is 0 Å². The predicted molar refractivity (Wildman–Crippen MR) is 88.8 cm³/mol. The summed E-state index contributed by atoms with van der Waals surface area (Å²) < 4.78 is 15.7. The van der Waals surface area contributed by atoms with E-state index < -0.39 is 6.09 Å². The van der Waals surface area contributed by atoms with E-state index in [0.29, 0.717) is 30.3 Å². The van der Waals surface area contributed by atoms with Crippen LogP contribution in [0.15, 0.2) is 42.5 Å². The van der Waals surface area contributed by atoms with Gasteiger partial charge in [0, 0.05) is 6.07 Å². The van der Waals surface area contributed by atoms with Crippen molar-refractivity contribution in [2.24, 2.45) is 0 Å². The first-order valence-corrected chi connectivity index (χ1v) is 7.21. The van der Waals surface area contributed by atoms with Crippen LogP contribution in [-0.2, 0) is 11.3 Å². The number of nitrogens with one attached hydrogen (secondary N) is 1. The van der Waals surface area contributed by atoms with Crippen LogP contribution in [0.4, 0.5) is 16.2 Å². The molecule has 0 atom stereocenters. The maximum atomic E-state index is 11.4. The molecule has 0 aliphatic heterocycles. The zero-order valence-corrected chi connectivity index (χ0v) is 13.2. The third-order valence-electron chi connectivity index (χ3n) is 3.07. The zero-order valence-electron chi connectivity index (χ0n) is 13.2. The number of carbonyl (C=O) groups is 1. The second-order valence-corrected chi connectivity index (χ2v) is 4.73. The van der Waals surface area contributed by atoms with Gasteiger partial charge in [-0.05, 0) is 36.8 Å². The highest BCUT2D eigenvalue weighted by Crippen LogP contribution is 2.25. The van der Waals surface area contributed by atoms with Gasteiger partial charge in [-0.3, -0.25) is 5.32 Å². The molecule has 2 rings (SSSR count). The molecular formula is C17H20N2O4. The minimum atomic E-state index is -0.538. The first-order valence-electron chi connectivity index (χ1n) is 7.21. The highest BCUT2D eigenvalue weighted by atomic mass is 16.5. The number of methoxy groups -OCH3 is 1. The summed E-state index contributed by atoms with van der Waals surface area (Å²) in [5.41, 5.74) is 7.78. The highest BCUT2D eigenvalue weighted by Gasteiger charge is 2.07. The first kappa shape index (κ1) is 16.5. The van der Waals surface area contributed by atoms with Gasteiger partial charge in [0.1, 0.15) is 18.1 Å². The van der Waals surface area contributed by atoms with E-state index in [4.69, 9.17) is 19.9 Å². The van der Waals surface area contributed by atoms with E-state index in [1.54, 1.807) is 32.2 Å². The van der Waals surface area contributed by atoms with E-state index in [9.17, 15) is 4.79 Å². The Kier molecular flexibility index (Phi) is 5.68. The summed E-state index contributed by atoms with van der Waals surface area (Å²) >= 11 is 0. The Morgan fingerprint density at radius 1 is 1.17 bits per heavy atom. The minimum Gasteiger partial charge on any atom is -0.497 e. The molecule has 2 aromatic rings. The van der Waals surface area contributed by atoms with Gasteiger partial charge in [0.2, 0.25) is 0 Å². The fourth-order valence-corrected chi connectivity index (χ4v) is 1.95. The van der Waals surface area contributed by atoms with Gasteiger partial charge >= 0.3 is 6.09 Å². The number of hydrogen-bond donors (Lipinski definition) is 2. The lowest BCUT2D eigenvalue weighted by Gasteiger charge is -2.11. The predicted octanol–water partition coefficient (Wildman–Crippen LogP) is 3.42. The SMILES string of the molecule is CCOC(=O)Nc1ccc(OCc2cccc(OC)c2)cc1N. The Bertz CT molecular complexity index is 673. The third kappa shape index (κ3) is 4.81. The average Bonchev–Trinajstić information content (AvgIpc) is 2.55. The lowest BCUT2D eigenvalue weighted by Crippen LogP contribution is -2.14. The molecule has 0 aromatic heterocycles. The number of carbonyl (C=O) groups excluding carboxylic acids is 1. The molecule has 0 fully saturated rings. The van der Waals surface area contributed by atoms with Crippen molar-refractivity contribution in [3.05, 3.63) is 48.0 Å². The van der Waals surface area contributed by atoms with E-state index in [1.807, 2.05) is 24.3 Å². The number of benzene rings is 2. The van der Waals surface area contributed by atoms with E-state index in [-0.39, 0.29) is 0 Å². The lowest BCUT2D eigenvalue weighted by atomic mass is 10.2. The molecular weight excluding hydrogens is 296 g/mol. The van der Waals surface area contributed by atoms with E-state index in [2.05, 4.69) is 5.32 Å². The van der Waals surface area contributed by atoms with Gasteiger partial charge in [-0.25, -0.2) is 4.79 Å². The van der Waals surface area contributed by atoms with E-state index in [0.717, 1.165) is 11.3 Å². The average molecular weight is 316 g/mol. The standard InChI is InChI=1S/C17H20N2O4/c1-3-22-17(20)19-16-8-7-14(10-15(16)18)23-11-12-5-4-6-13(9-12)21-2/h4-10H,3,11,18H2,1-2H3,(H,19,20). The molecule has 0 saturated heterocycles. The van der Waals surface area contributed by atoms with Crippen molar-refractivity contribution in [1.82, 2.24) is 0 Å². The summed E-state index contributed by atoms with van der Waals surface area (Å²) in [6.45, 7) is 2.42. The Labute approximate surface area is 135 Å². The van der Waals surface area contributed by atoms with Crippen molar-refractivity contribution in [2.45, 2.75) is 13.5 Å². The summed E-state index contributed by atoms with van der Waals surface area (Å²) in [4.78, 5) is 11.4. The van der Waals surface area contributed by atoms with Crippen LogP contribution in [0.1, 0.15) is 12.5 Å². The summed E-state index contributed by atoms with van der Waals surface area (Å²) in [6.07, 6.45) is -0.538. The first-order chi connectivity index (χ1) is 11.1. The second-order valence-electron chi connectivity index (χ2n) is 4.73. The maximum absolute atomic E-state index is 11.4. The van der Waals surface area contributed by atoms with Crippen molar-refractivity contribution < 1.29 is 19.0 Å². The van der Waals surface area contributed by atoms with E-state index >= 15 is 0 Å². The van der Waals surface area contributed by atoms with Crippen LogP contribution in [0.25, 0.3) is 0 Å². The van der Waals surface area contributed by atoms with Crippen molar-refractivity contribution in [3.8, 4) is 11.5 Å². The van der Waals surface area contributed by atoms with Crippen molar-refractivity contribution in [3.63, 3.8) is 0 Å². The number of nitrogens with two attached hydrogens (primary N) is 1. The molecule has 122 valence electrons. The monoisotopic (exact) mass is 316 g/mol. The van der Waals surface area contributed by atoms with Crippen LogP contribution in [-0.4, -0.2) is 19.8 Å². The molecule has 0 heterocycles. The molecule has 0 saturated carbocycles. The Morgan fingerprint density at radius 3 is 2.70 bits per heavy atom. The summed E-state index contributed by atoms with van der Waals surface area (Å²) in [7, 11) is 1.62. The highest BCUT2D eigenvalue weighted by molar-refractivity contribution is 5.89. The molecule has 3 N–H and O–H groups in total. The van der Waals surface area contributed by atoms with Crippen molar-refractivity contribution in [2.75, 3.05) is 24.8 Å². The fourth-order valence-electron chi connectivity index (χ4n) is 1.95. The normalized spacial score (nSPS) is 10.0. The lowest BCUT2D eigenvalue weighted by molar-refractivity contribution is 0.168. The van der Waals surface area contributed by atoms with Gasteiger partial charge in [-0.2, -0.15) is 0 Å². The minimum absolute atomic E-state index is 0.299. The Morgan fingerprint density at radius 2 is 2.00 bits per heavy atom. The molecule has 0 aliphatic carbocycles. The van der Waals surface area contributed by atoms with Crippen molar-refractivity contribution in [1.29, 1.82) is 0 Å². The van der Waals surface area contributed by atoms with Crippen LogP contribution < -0.4 is 20.5 Å². The van der Waals surface area contributed by atoms with E-state index in [1.165, 1.54) is 0 Å². The molecule has 0 spiro atoms. The summed E-state index contributed by atoms with van der Waals surface area (Å²) in [5, 5.41) is 2.57. The second kappa shape index (κ2) is 7.93. The summed E-state index contributed by atoms with van der Waals surface area (Å²) in [6, 6.07) is 12.7. The van der Waals surface area contributed by atoms with Crippen LogP contribution in [0, 0.1) is 0 Å². The molecule has 0 bridgehead atoms. The van der Waals surface area contributed by atoms with Gasteiger partial charge in [0.25, 0.3) is 0 Å². The molecule has 1 amide bonds. The van der Waals surface area contributed by atoms with Gasteiger partial charge < -0.3 is 19.9 Å². The van der Waals surface area contributed by atoms with Gasteiger partial charge in [-0.15, -0.1) is 0 Å². The molecule has 6 heteroatoms. The number of amides is 1. The summed E-state index contributed by atoms with van der Waals surface area (Å²) in [5.74, 6) is 1.39. The smallest absolute Gasteiger partial charge is 0.411 e. The molecule has 2 aromatic carbocycles. The molecule has 6 nitrogen and oxygen atoms in total. The quantitative estimate of drug-likeness (QED) is 0.798. The van der Waals surface area contributed by atoms with Gasteiger partial charge in [-0.1, -0.05) is 12.1 Å². The number of anilines is 2. The molecule has 0 unspecified atom stereocenters. The zero-order chi connectivity index (χ0) is 16.7. The largest absolute Gasteiger partial charge is 0.497 e. The molecule has 23 heavy (non-hydrogen) atoms. The van der Waals surface area contributed by atoms with Crippen molar-refractivity contribution >= 4 is 17.5 Å². The number of ether oxygens (including phenoxy) is 3. The van der Waals surface area contributed by atoms with Crippen LogP contribution >= 0.6 is 0 Å². The Balaban J connectivity index is 1.98. The number of nitrogen functional groups attached to an aromatic ring is 1. The molecule has 0 aliphatic rings. The number of rotatable bonds is 6. The van der Waals surface area contributed by atoms with Crippen LogP contribution in [0.5, 0.6) is 11.5 Å². The fraction of sp³-hybridized carbons (Fsp3) is 0.235. The number of hydrogen-bond acceptors (Lipinski definition) is 5. The van der Waals surface area contributed by atoms with Crippen LogP contribution in [0.3, 0.4) is 0 Å².